The number of aromatic nitrogens is 1. The summed E-state index contributed by atoms with van der Waals surface area (Å²) >= 11 is 0. The predicted molar refractivity (Wildman–Crippen MR) is 71.3 cm³/mol. The molecule has 18 heavy (non-hydrogen) atoms. The van der Waals surface area contributed by atoms with Gasteiger partial charge in [0, 0.05) is 12.6 Å². The van der Waals surface area contributed by atoms with Crippen molar-refractivity contribution >= 4 is 17.3 Å². The highest BCUT2D eigenvalue weighted by Crippen LogP contribution is 2.25. The molecule has 1 aromatic rings. The molecule has 0 amide bonds. The number of hydrogen-bond donors (Lipinski definition) is 3. The molecule has 0 spiro atoms. The summed E-state index contributed by atoms with van der Waals surface area (Å²) in [6, 6.07) is 2.84. The maximum atomic E-state index is 10.9. The van der Waals surface area contributed by atoms with Crippen molar-refractivity contribution in [1.82, 2.24) is 4.98 Å². The van der Waals surface area contributed by atoms with Gasteiger partial charge in [-0.2, -0.15) is 0 Å². The first-order valence-electron chi connectivity index (χ1n) is 5.69. The number of pyridine rings is 1. The summed E-state index contributed by atoms with van der Waals surface area (Å²) in [7, 11) is 0. The van der Waals surface area contributed by atoms with Crippen molar-refractivity contribution < 1.29 is 4.92 Å². The minimum atomic E-state index is -0.466. The molecule has 100 valence electrons. The van der Waals surface area contributed by atoms with Gasteiger partial charge >= 0.3 is 5.69 Å². The summed E-state index contributed by atoms with van der Waals surface area (Å²) in [6.45, 7) is 6.93. The molecule has 1 aromatic heterocycles. The SMILES string of the molecule is CC(C)(C)CCNc1nc(NN)ccc1[N+](=O)[O-]. The van der Waals surface area contributed by atoms with Gasteiger partial charge in [0.25, 0.3) is 0 Å². The van der Waals surface area contributed by atoms with Gasteiger partial charge in [0.1, 0.15) is 5.82 Å². The zero-order valence-electron chi connectivity index (χ0n) is 10.9. The number of rotatable bonds is 5. The second-order valence-electron chi connectivity index (χ2n) is 5.20. The van der Waals surface area contributed by atoms with Crippen molar-refractivity contribution in [2.45, 2.75) is 27.2 Å². The van der Waals surface area contributed by atoms with Crippen molar-refractivity contribution in [3.8, 4) is 0 Å². The second kappa shape index (κ2) is 5.63. The molecule has 1 rings (SSSR count). The van der Waals surface area contributed by atoms with E-state index < -0.39 is 4.92 Å². The van der Waals surface area contributed by atoms with Gasteiger partial charge in [-0.1, -0.05) is 20.8 Å². The molecule has 0 atom stereocenters. The lowest BCUT2D eigenvalue weighted by Crippen LogP contribution is -2.15. The summed E-state index contributed by atoms with van der Waals surface area (Å²) in [5, 5.41) is 13.8. The molecule has 1 heterocycles. The normalized spacial score (nSPS) is 11.1. The lowest BCUT2D eigenvalue weighted by molar-refractivity contribution is -0.384. The molecule has 0 fully saturated rings. The van der Waals surface area contributed by atoms with Crippen LogP contribution in [0.25, 0.3) is 0 Å². The molecular formula is C11H19N5O2. The number of anilines is 2. The van der Waals surface area contributed by atoms with Crippen LogP contribution in [-0.4, -0.2) is 16.5 Å². The molecule has 0 aliphatic heterocycles. The first-order chi connectivity index (χ1) is 8.33. The molecule has 0 radical (unpaired) electrons. The third-order valence-corrected chi connectivity index (χ3v) is 2.39. The zero-order chi connectivity index (χ0) is 13.8. The highest BCUT2D eigenvalue weighted by Gasteiger charge is 2.16. The van der Waals surface area contributed by atoms with Crippen LogP contribution in [0.3, 0.4) is 0 Å². The van der Waals surface area contributed by atoms with Crippen LogP contribution in [0.15, 0.2) is 12.1 Å². The van der Waals surface area contributed by atoms with Gasteiger partial charge in [0.05, 0.1) is 4.92 Å². The van der Waals surface area contributed by atoms with E-state index in [4.69, 9.17) is 5.84 Å². The van der Waals surface area contributed by atoms with Crippen LogP contribution < -0.4 is 16.6 Å². The maximum Gasteiger partial charge on any atom is 0.311 e. The lowest BCUT2D eigenvalue weighted by Gasteiger charge is -2.18. The van der Waals surface area contributed by atoms with Gasteiger partial charge in [-0.3, -0.25) is 10.1 Å². The largest absolute Gasteiger partial charge is 0.364 e. The van der Waals surface area contributed by atoms with E-state index in [0.717, 1.165) is 6.42 Å². The van der Waals surface area contributed by atoms with Gasteiger partial charge in [0.2, 0.25) is 5.82 Å². The van der Waals surface area contributed by atoms with E-state index >= 15 is 0 Å². The van der Waals surface area contributed by atoms with Crippen LogP contribution in [-0.2, 0) is 0 Å². The lowest BCUT2D eigenvalue weighted by atomic mass is 9.92. The van der Waals surface area contributed by atoms with Crippen LogP contribution in [0.2, 0.25) is 0 Å². The summed E-state index contributed by atoms with van der Waals surface area (Å²) < 4.78 is 0. The van der Waals surface area contributed by atoms with E-state index in [1.807, 2.05) is 0 Å². The summed E-state index contributed by atoms with van der Waals surface area (Å²) in [5.74, 6) is 5.86. The fraction of sp³-hybridized carbons (Fsp3) is 0.545. The van der Waals surface area contributed by atoms with Crippen molar-refractivity contribution in [3.05, 3.63) is 22.2 Å². The molecule has 0 bridgehead atoms. The highest BCUT2D eigenvalue weighted by atomic mass is 16.6. The zero-order valence-corrected chi connectivity index (χ0v) is 10.9. The third-order valence-electron chi connectivity index (χ3n) is 2.39. The Morgan fingerprint density at radius 3 is 2.61 bits per heavy atom. The van der Waals surface area contributed by atoms with Crippen LogP contribution >= 0.6 is 0 Å². The van der Waals surface area contributed by atoms with Gasteiger partial charge in [-0.15, -0.1) is 0 Å². The molecule has 0 aliphatic carbocycles. The Morgan fingerprint density at radius 1 is 1.44 bits per heavy atom. The van der Waals surface area contributed by atoms with Gasteiger partial charge in [-0.05, 0) is 17.9 Å². The topological polar surface area (TPSA) is 106 Å². The van der Waals surface area contributed by atoms with Gasteiger partial charge in [-0.25, -0.2) is 10.8 Å². The fourth-order valence-corrected chi connectivity index (χ4v) is 1.37. The summed E-state index contributed by atoms with van der Waals surface area (Å²) in [4.78, 5) is 14.4. The monoisotopic (exact) mass is 253 g/mol. The number of nitrogens with one attached hydrogen (secondary N) is 2. The Bertz CT molecular complexity index is 428. The molecule has 0 saturated carbocycles. The molecule has 4 N–H and O–H groups in total. The maximum absolute atomic E-state index is 10.9. The molecular weight excluding hydrogens is 234 g/mol. The number of nitrogens with two attached hydrogens (primary N) is 1. The van der Waals surface area contributed by atoms with Crippen LogP contribution in [0.1, 0.15) is 27.2 Å². The molecule has 0 unspecified atom stereocenters. The Morgan fingerprint density at radius 2 is 2.11 bits per heavy atom. The smallest absolute Gasteiger partial charge is 0.311 e. The van der Waals surface area contributed by atoms with Crippen molar-refractivity contribution in [1.29, 1.82) is 0 Å². The Hall–Kier alpha value is -1.89. The van der Waals surface area contributed by atoms with Crippen molar-refractivity contribution in [3.63, 3.8) is 0 Å². The minimum absolute atomic E-state index is 0.0529. The summed E-state index contributed by atoms with van der Waals surface area (Å²) in [5.41, 5.74) is 2.47. The molecule has 7 heteroatoms. The van der Waals surface area contributed by atoms with E-state index in [-0.39, 0.29) is 16.9 Å². The van der Waals surface area contributed by atoms with E-state index in [1.165, 1.54) is 12.1 Å². The predicted octanol–water partition coefficient (Wildman–Crippen LogP) is 2.12. The Balaban J connectivity index is 2.81. The van der Waals surface area contributed by atoms with Crippen molar-refractivity contribution in [2.75, 3.05) is 17.3 Å². The van der Waals surface area contributed by atoms with E-state index in [1.54, 1.807) is 0 Å². The first kappa shape index (κ1) is 14.2. The molecule has 7 nitrogen and oxygen atoms in total. The minimum Gasteiger partial charge on any atom is -0.364 e. The fourth-order valence-electron chi connectivity index (χ4n) is 1.37. The van der Waals surface area contributed by atoms with Crippen LogP contribution in [0, 0.1) is 15.5 Å². The van der Waals surface area contributed by atoms with E-state index in [0.29, 0.717) is 12.4 Å². The van der Waals surface area contributed by atoms with E-state index in [9.17, 15) is 10.1 Å². The van der Waals surface area contributed by atoms with Gasteiger partial charge in [0.15, 0.2) is 0 Å². The molecule has 0 aliphatic rings. The van der Waals surface area contributed by atoms with Gasteiger partial charge < -0.3 is 10.7 Å². The highest BCUT2D eigenvalue weighted by molar-refractivity contribution is 5.59. The first-order valence-corrected chi connectivity index (χ1v) is 5.69. The van der Waals surface area contributed by atoms with E-state index in [2.05, 4.69) is 36.5 Å². The molecule has 0 aromatic carbocycles. The Kier molecular flexibility index (Phi) is 4.43. The third kappa shape index (κ3) is 4.17. The van der Waals surface area contributed by atoms with Crippen LogP contribution in [0.4, 0.5) is 17.3 Å². The average Bonchev–Trinajstić information content (AvgIpc) is 2.26. The number of hydrazine groups is 1. The standard InChI is InChI=1S/C11H19N5O2/c1-11(2,3)6-7-13-10-8(16(17)18)4-5-9(14-10)15-12/h4-5H,6-7,12H2,1-3H3,(H2,13,14,15). The average molecular weight is 253 g/mol. The summed E-state index contributed by atoms with van der Waals surface area (Å²) in [6.07, 6.45) is 0.881. The number of hydrogen-bond acceptors (Lipinski definition) is 6. The second-order valence-corrected chi connectivity index (χ2v) is 5.20. The molecule has 0 saturated heterocycles. The Labute approximate surface area is 106 Å². The number of nitrogen functional groups attached to an aromatic ring is 1. The number of nitrogens with zero attached hydrogens (tertiary/aromatic N) is 2. The van der Waals surface area contributed by atoms with Crippen LogP contribution in [0.5, 0.6) is 0 Å². The number of nitro groups is 1. The quantitative estimate of drug-likeness (QED) is 0.421. The van der Waals surface area contributed by atoms with Crippen molar-refractivity contribution in [2.24, 2.45) is 11.3 Å².